The Labute approximate surface area is 193 Å². The highest BCUT2D eigenvalue weighted by Gasteiger charge is 2.32. The van der Waals surface area contributed by atoms with Crippen LogP contribution in [0.2, 0.25) is 5.02 Å². The van der Waals surface area contributed by atoms with Crippen molar-refractivity contribution in [2.75, 3.05) is 26.2 Å². The van der Waals surface area contributed by atoms with Crippen LogP contribution in [0, 0.1) is 0 Å². The van der Waals surface area contributed by atoms with Crippen molar-refractivity contribution in [2.24, 2.45) is 0 Å². The van der Waals surface area contributed by atoms with Crippen LogP contribution in [0.25, 0.3) is 0 Å². The summed E-state index contributed by atoms with van der Waals surface area (Å²) in [5.74, 6) is 0.927. The molecule has 1 aromatic heterocycles. The van der Waals surface area contributed by atoms with E-state index in [0.717, 1.165) is 55.5 Å². The van der Waals surface area contributed by atoms with Crippen LogP contribution in [-0.4, -0.2) is 65.1 Å². The number of hydrogen-bond acceptors (Lipinski definition) is 6. The number of ether oxygens (including phenoxy) is 2. The normalized spacial score (nSPS) is 24.5. The summed E-state index contributed by atoms with van der Waals surface area (Å²) in [5, 5.41) is 3.52. The van der Waals surface area contributed by atoms with Crippen molar-refractivity contribution >= 4 is 28.8 Å². The molecule has 8 heteroatoms. The fraction of sp³-hybridized carbons (Fsp3) is 0.565. The summed E-state index contributed by atoms with van der Waals surface area (Å²) < 4.78 is 11.6. The molecule has 3 heterocycles. The number of thiazole rings is 1. The van der Waals surface area contributed by atoms with Gasteiger partial charge >= 0.3 is 0 Å². The first-order valence-electron chi connectivity index (χ1n) is 10.9. The Kier molecular flexibility index (Phi) is 7.48. The van der Waals surface area contributed by atoms with Crippen molar-refractivity contribution < 1.29 is 14.3 Å². The summed E-state index contributed by atoms with van der Waals surface area (Å²) in [6.45, 7) is 8.28. The number of morpholine rings is 1. The zero-order valence-electron chi connectivity index (χ0n) is 18.1. The van der Waals surface area contributed by atoms with Crippen molar-refractivity contribution in [3.8, 4) is 5.75 Å². The smallest absolute Gasteiger partial charge is 0.228 e. The van der Waals surface area contributed by atoms with E-state index >= 15 is 0 Å². The van der Waals surface area contributed by atoms with E-state index in [1.165, 1.54) is 11.3 Å². The predicted octanol–water partition coefficient (Wildman–Crippen LogP) is 4.02. The van der Waals surface area contributed by atoms with E-state index in [-0.39, 0.29) is 24.2 Å². The van der Waals surface area contributed by atoms with E-state index in [1.807, 2.05) is 17.5 Å². The van der Waals surface area contributed by atoms with Crippen molar-refractivity contribution in [3.63, 3.8) is 0 Å². The fourth-order valence-electron chi connectivity index (χ4n) is 4.51. The molecule has 168 valence electrons. The average molecular weight is 464 g/mol. The third kappa shape index (κ3) is 6.19. The van der Waals surface area contributed by atoms with Gasteiger partial charge in [-0.2, -0.15) is 0 Å². The molecule has 0 bridgehead atoms. The lowest BCUT2D eigenvalue weighted by molar-refractivity contribution is -0.132. The van der Waals surface area contributed by atoms with Gasteiger partial charge < -0.3 is 14.4 Å². The monoisotopic (exact) mass is 463 g/mol. The van der Waals surface area contributed by atoms with Gasteiger partial charge in [0.2, 0.25) is 5.91 Å². The Hall–Kier alpha value is -1.67. The van der Waals surface area contributed by atoms with Gasteiger partial charge in [0.15, 0.2) is 0 Å². The maximum Gasteiger partial charge on any atom is 0.228 e. The van der Waals surface area contributed by atoms with E-state index in [0.29, 0.717) is 18.1 Å². The zero-order chi connectivity index (χ0) is 21.8. The second-order valence-electron chi connectivity index (χ2n) is 8.51. The minimum Gasteiger partial charge on any atom is -0.486 e. The Balaban J connectivity index is 1.29. The Morgan fingerprint density at radius 3 is 2.74 bits per heavy atom. The SMILES string of the molecule is CC1CN(CC2CCCN2C(=O)Cc2csc(COc3ccc(Cl)cc3)n2)CC(C)O1. The van der Waals surface area contributed by atoms with Crippen LogP contribution < -0.4 is 4.74 Å². The summed E-state index contributed by atoms with van der Waals surface area (Å²) in [6, 6.07) is 7.56. The maximum atomic E-state index is 13.0. The van der Waals surface area contributed by atoms with Gasteiger partial charge in [-0.05, 0) is 51.0 Å². The summed E-state index contributed by atoms with van der Waals surface area (Å²) in [6.07, 6.45) is 2.99. The van der Waals surface area contributed by atoms with Crippen molar-refractivity contribution in [1.82, 2.24) is 14.8 Å². The van der Waals surface area contributed by atoms with Gasteiger partial charge in [0.1, 0.15) is 17.4 Å². The molecular weight excluding hydrogens is 434 g/mol. The first kappa shape index (κ1) is 22.5. The van der Waals surface area contributed by atoms with E-state index in [2.05, 4.69) is 28.6 Å². The number of carbonyl (C=O) groups excluding carboxylic acids is 1. The Morgan fingerprint density at radius 1 is 1.26 bits per heavy atom. The number of halogens is 1. The third-order valence-corrected chi connectivity index (χ3v) is 6.89. The van der Waals surface area contributed by atoms with E-state index < -0.39 is 0 Å². The summed E-state index contributed by atoms with van der Waals surface area (Å²) in [7, 11) is 0. The molecule has 0 N–H and O–H groups in total. The van der Waals surface area contributed by atoms with Crippen LogP contribution in [-0.2, 0) is 22.6 Å². The summed E-state index contributed by atoms with van der Waals surface area (Å²) >= 11 is 7.43. The van der Waals surface area contributed by atoms with Crippen LogP contribution in [0.4, 0.5) is 0 Å². The molecule has 2 aromatic rings. The highest BCUT2D eigenvalue weighted by molar-refractivity contribution is 7.09. The van der Waals surface area contributed by atoms with Gasteiger partial charge in [-0.3, -0.25) is 9.69 Å². The lowest BCUT2D eigenvalue weighted by atomic mass is 10.1. The van der Waals surface area contributed by atoms with Crippen molar-refractivity contribution in [1.29, 1.82) is 0 Å². The molecule has 1 amide bonds. The van der Waals surface area contributed by atoms with Gasteiger partial charge in [-0.25, -0.2) is 4.98 Å². The van der Waals surface area contributed by atoms with Gasteiger partial charge in [0.05, 0.1) is 24.3 Å². The number of amides is 1. The molecule has 2 aliphatic heterocycles. The van der Waals surface area contributed by atoms with Crippen LogP contribution in [0.3, 0.4) is 0 Å². The number of nitrogens with zero attached hydrogens (tertiary/aromatic N) is 3. The van der Waals surface area contributed by atoms with Gasteiger partial charge in [0.25, 0.3) is 0 Å². The number of benzene rings is 1. The molecule has 1 aromatic carbocycles. The quantitative estimate of drug-likeness (QED) is 0.620. The van der Waals surface area contributed by atoms with Crippen molar-refractivity contribution in [2.45, 2.75) is 58.0 Å². The lowest BCUT2D eigenvalue weighted by Crippen LogP contribution is -2.51. The fourth-order valence-corrected chi connectivity index (χ4v) is 5.35. The van der Waals surface area contributed by atoms with Crippen molar-refractivity contribution in [3.05, 3.63) is 45.4 Å². The first-order valence-corrected chi connectivity index (χ1v) is 12.2. The summed E-state index contributed by atoms with van der Waals surface area (Å²) in [4.78, 5) is 22.1. The number of rotatable bonds is 7. The topological polar surface area (TPSA) is 54.9 Å². The first-order chi connectivity index (χ1) is 15.0. The van der Waals surface area contributed by atoms with E-state index in [1.54, 1.807) is 12.1 Å². The van der Waals surface area contributed by atoms with E-state index in [9.17, 15) is 4.79 Å². The highest BCUT2D eigenvalue weighted by atomic mass is 35.5. The maximum absolute atomic E-state index is 13.0. The molecule has 0 spiro atoms. The molecule has 0 aliphatic carbocycles. The van der Waals surface area contributed by atoms with Gasteiger partial charge in [-0.1, -0.05) is 11.6 Å². The van der Waals surface area contributed by atoms with Gasteiger partial charge in [0, 0.05) is 42.6 Å². The molecule has 6 nitrogen and oxygen atoms in total. The minimum atomic E-state index is 0.173. The van der Waals surface area contributed by atoms with E-state index in [4.69, 9.17) is 21.1 Å². The number of likely N-dealkylation sites (tertiary alicyclic amines) is 1. The van der Waals surface area contributed by atoms with Gasteiger partial charge in [-0.15, -0.1) is 11.3 Å². The van der Waals surface area contributed by atoms with Crippen LogP contribution >= 0.6 is 22.9 Å². The molecular formula is C23H30ClN3O3S. The Morgan fingerprint density at radius 2 is 2.00 bits per heavy atom. The molecule has 3 atom stereocenters. The zero-order valence-corrected chi connectivity index (χ0v) is 19.7. The summed E-state index contributed by atoms with van der Waals surface area (Å²) in [5.41, 5.74) is 0.823. The molecule has 31 heavy (non-hydrogen) atoms. The predicted molar refractivity (Wildman–Crippen MR) is 123 cm³/mol. The average Bonchev–Trinajstić information content (AvgIpc) is 3.36. The minimum absolute atomic E-state index is 0.173. The highest BCUT2D eigenvalue weighted by Crippen LogP contribution is 2.23. The van der Waals surface area contributed by atoms with Crippen LogP contribution in [0.15, 0.2) is 29.6 Å². The molecule has 3 unspecified atom stereocenters. The lowest BCUT2D eigenvalue weighted by Gasteiger charge is -2.38. The molecule has 2 aliphatic rings. The third-order valence-electron chi connectivity index (χ3n) is 5.77. The number of carbonyl (C=O) groups is 1. The molecule has 4 rings (SSSR count). The Bertz CT molecular complexity index is 865. The molecule has 0 saturated carbocycles. The van der Waals surface area contributed by atoms with Crippen LogP contribution in [0.1, 0.15) is 37.4 Å². The molecule has 2 fully saturated rings. The second kappa shape index (κ2) is 10.3. The molecule has 0 radical (unpaired) electrons. The number of aromatic nitrogens is 1. The van der Waals surface area contributed by atoms with Crippen LogP contribution in [0.5, 0.6) is 5.75 Å². The molecule has 2 saturated heterocycles. The standard InChI is InChI=1S/C23H30ClN3O3S/c1-16-11-26(12-17(2)30-16)13-20-4-3-9-27(20)23(28)10-19-15-31-22(25-19)14-29-21-7-5-18(24)6-8-21/h5-8,15-17,20H,3-4,9-14H2,1-2H3. The second-order valence-corrected chi connectivity index (χ2v) is 9.89. The largest absolute Gasteiger partial charge is 0.486 e. The number of hydrogen-bond donors (Lipinski definition) is 0.